The number of nitrogens with one attached hydrogen (secondary N) is 1. The second-order valence-corrected chi connectivity index (χ2v) is 4.49. The molecule has 17 heavy (non-hydrogen) atoms. The summed E-state index contributed by atoms with van der Waals surface area (Å²) in [6.07, 6.45) is 5.87. The lowest BCUT2D eigenvalue weighted by Gasteiger charge is -2.25. The van der Waals surface area contributed by atoms with Gasteiger partial charge in [-0.3, -0.25) is 4.79 Å². The molecule has 0 aromatic rings. The summed E-state index contributed by atoms with van der Waals surface area (Å²) in [4.78, 5) is 14.0. The van der Waals surface area contributed by atoms with E-state index >= 15 is 0 Å². The Kier molecular flexibility index (Phi) is 10.2. The van der Waals surface area contributed by atoms with E-state index in [-0.39, 0.29) is 11.9 Å². The van der Waals surface area contributed by atoms with Crippen LogP contribution in [0.25, 0.3) is 0 Å². The lowest BCUT2D eigenvalue weighted by Crippen LogP contribution is -2.46. The normalized spacial score (nSPS) is 12.5. The van der Waals surface area contributed by atoms with Crippen molar-refractivity contribution in [1.82, 2.24) is 10.2 Å². The molecule has 0 aliphatic carbocycles. The van der Waals surface area contributed by atoms with Crippen LogP contribution in [-0.2, 0) is 4.79 Å². The fourth-order valence-corrected chi connectivity index (χ4v) is 1.99. The third-order valence-corrected chi connectivity index (χ3v) is 3.20. The van der Waals surface area contributed by atoms with Crippen molar-refractivity contribution in [2.75, 3.05) is 19.6 Å². The van der Waals surface area contributed by atoms with E-state index in [0.29, 0.717) is 0 Å². The zero-order valence-electron chi connectivity index (χ0n) is 12.1. The van der Waals surface area contributed by atoms with Crippen molar-refractivity contribution in [3.05, 3.63) is 0 Å². The number of carbonyl (C=O) groups is 1. The SMILES string of the molecule is CCCCCCNC(CC)C(=O)N(CC)CC. The average molecular weight is 242 g/mol. The molecule has 1 amide bonds. The summed E-state index contributed by atoms with van der Waals surface area (Å²) in [5.41, 5.74) is 0. The summed E-state index contributed by atoms with van der Waals surface area (Å²) < 4.78 is 0. The van der Waals surface area contributed by atoms with Gasteiger partial charge in [-0.15, -0.1) is 0 Å². The summed E-state index contributed by atoms with van der Waals surface area (Å²) in [6.45, 7) is 10.9. The molecule has 0 bridgehead atoms. The molecule has 0 fully saturated rings. The summed E-state index contributed by atoms with van der Waals surface area (Å²) >= 11 is 0. The fraction of sp³-hybridized carbons (Fsp3) is 0.929. The van der Waals surface area contributed by atoms with Crippen LogP contribution in [0.3, 0.4) is 0 Å². The van der Waals surface area contributed by atoms with Crippen molar-refractivity contribution in [2.24, 2.45) is 0 Å². The van der Waals surface area contributed by atoms with Crippen molar-refractivity contribution >= 4 is 5.91 Å². The van der Waals surface area contributed by atoms with Crippen LogP contribution in [0.1, 0.15) is 59.8 Å². The Balaban J connectivity index is 3.92. The van der Waals surface area contributed by atoms with Crippen molar-refractivity contribution in [3.63, 3.8) is 0 Å². The highest BCUT2D eigenvalue weighted by Gasteiger charge is 2.19. The Hall–Kier alpha value is -0.570. The van der Waals surface area contributed by atoms with E-state index in [4.69, 9.17) is 0 Å². The lowest BCUT2D eigenvalue weighted by molar-refractivity contribution is -0.133. The third kappa shape index (κ3) is 6.67. The Labute approximate surface area is 107 Å². The molecule has 0 aliphatic rings. The molecule has 1 atom stereocenters. The average Bonchev–Trinajstić information content (AvgIpc) is 2.35. The summed E-state index contributed by atoms with van der Waals surface area (Å²) in [5, 5.41) is 3.39. The Bertz CT molecular complexity index is 191. The molecular weight excluding hydrogens is 212 g/mol. The molecular formula is C14H30N2O. The molecule has 0 saturated carbocycles. The number of rotatable bonds is 10. The maximum Gasteiger partial charge on any atom is 0.239 e. The fourth-order valence-electron chi connectivity index (χ4n) is 1.99. The number of amides is 1. The van der Waals surface area contributed by atoms with Gasteiger partial charge in [0.05, 0.1) is 6.04 Å². The molecule has 1 unspecified atom stereocenters. The van der Waals surface area contributed by atoms with E-state index in [1.807, 2.05) is 18.7 Å². The number of likely N-dealkylation sites (N-methyl/N-ethyl adjacent to an activating group) is 1. The second-order valence-electron chi connectivity index (χ2n) is 4.49. The Morgan fingerprint density at radius 1 is 1.06 bits per heavy atom. The maximum atomic E-state index is 12.1. The Morgan fingerprint density at radius 2 is 1.71 bits per heavy atom. The number of carbonyl (C=O) groups excluding carboxylic acids is 1. The van der Waals surface area contributed by atoms with Gasteiger partial charge in [-0.2, -0.15) is 0 Å². The highest BCUT2D eigenvalue weighted by molar-refractivity contribution is 5.81. The van der Waals surface area contributed by atoms with E-state index < -0.39 is 0 Å². The predicted octanol–water partition coefficient (Wildman–Crippen LogP) is 2.80. The summed E-state index contributed by atoms with van der Waals surface area (Å²) in [6, 6.07) is 0.0107. The maximum absolute atomic E-state index is 12.1. The second kappa shape index (κ2) is 10.6. The van der Waals surface area contributed by atoms with Crippen molar-refractivity contribution in [3.8, 4) is 0 Å². The van der Waals surface area contributed by atoms with Crippen molar-refractivity contribution in [2.45, 2.75) is 65.8 Å². The topological polar surface area (TPSA) is 32.3 Å². The molecule has 0 rings (SSSR count). The standard InChI is InChI=1S/C14H30N2O/c1-5-9-10-11-12-15-13(6-2)14(17)16(7-3)8-4/h13,15H,5-12H2,1-4H3. The van der Waals surface area contributed by atoms with E-state index in [1.165, 1.54) is 25.7 Å². The molecule has 0 saturated heterocycles. The molecule has 0 aromatic heterocycles. The van der Waals surface area contributed by atoms with Crippen LogP contribution >= 0.6 is 0 Å². The molecule has 3 nitrogen and oxygen atoms in total. The van der Waals surface area contributed by atoms with Gasteiger partial charge in [-0.1, -0.05) is 33.1 Å². The summed E-state index contributed by atoms with van der Waals surface area (Å²) in [7, 11) is 0. The number of hydrogen-bond donors (Lipinski definition) is 1. The third-order valence-electron chi connectivity index (χ3n) is 3.20. The zero-order valence-corrected chi connectivity index (χ0v) is 12.1. The van der Waals surface area contributed by atoms with Gasteiger partial charge in [-0.25, -0.2) is 0 Å². The monoisotopic (exact) mass is 242 g/mol. The van der Waals surface area contributed by atoms with Gasteiger partial charge < -0.3 is 10.2 Å². The number of hydrogen-bond acceptors (Lipinski definition) is 2. The van der Waals surface area contributed by atoms with Crippen LogP contribution in [0.4, 0.5) is 0 Å². The van der Waals surface area contributed by atoms with E-state index in [9.17, 15) is 4.79 Å². The van der Waals surface area contributed by atoms with Gasteiger partial charge >= 0.3 is 0 Å². The van der Waals surface area contributed by atoms with Gasteiger partial charge in [0, 0.05) is 13.1 Å². The van der Waals surface area contributed by atoms with E-state index in [1.54, 1.807) is 0 Å². The molecule has 0 radical (unpaired) electrons. The predicted molar refractivity (Wildman–Crippen MR) is 74.2 cm³/mol. The molecule has 0 spiro atoms. The van der Waals surface area contributed by atoms with Gasteiger partial charge in [0.25, 0.3) is 0 Å². The van der Waals surface area contributed by atoms with Crippen LogP contribution in [0.2, 0.25) is 0 Å². The molecule has 3 heteroatoms. The highest BCUT2D eigenvalue weighted by Crippen LogP contribution is 2.02. The molecule has 0 aliphatic heterocycles. The van der Waals surface area contributed by atoms with E-state index in [2.05, 4.69) is 19.2 Å². The first kappa shape index (κ1) is 16.4. The minimum atomic E-state index is 0.0107. The zero-order chi connectivity index (χ0) is 13.1. The molecule has 0 heterocycles. The minimum absolute atomic E-state index is 0.0107. The van der Waals surface area contributed by atoms with Crippen molar-refractivity contribution in [1.29, 1.82) is 0 Å². The first-order chi connectivity index (χ1) is 8.21. The summed E-state index contributed by atoms with van der Waals surface area (Å²) in [5.74, 6) is 0.257. The quantitative estimate of drug-likeness (QED) is 0.597. The van der Waals surface area contributed by atoms with Crippen LogP contribution in [0, 0.1) is 0 Å². The van der Waals surface area contributed by atoms with Crippen molar-refractivity contribution < 1.29 is 4.79 Å². The van der Waals surface area contributed by atoms with Crippen LogP contribution in [0.5, 0.6) is 0 Å². The van der Waals surface area contributed by atoms with Gasteiger partial charge in [0.2, 0.25) is 5.91 Å². The minimum Gasteiger partial charge on any atom is -0.342 e. The molecule has 102 valence electrons. The number of unbranched alkanes of at least 4 members (excludes halogenated alkanes) is 3. The van der Waals surface area contributed by atoms with Gasteiger partial charge in [0.1, 0.15) is 0 Å². The van der Waals surface area contributed by atoms with E-state index in [0.717, 1.165) is 26.1 Å². The smallest absolute Gasteiger partial charge is 0.239 e. The largest absolute Gasteiger partial charge is 0.342 e. The van der Waals surface area contributed by atoms with Gasteiger partial charge in [-0.05, 0) is 33.2 Å². The first-order valence-electron chi connectivity index (χ1n) is 7.23. The van der Waals surface area contributed by atoms with Crippen LogP contribution in [0.15, 0.2) is 0 Å². The highest BCUT2D eigenvalue weighted by atomic mass is 16.2. The first-order valence-corrected chi connectivity index (χ1v) is 7.23. The van der Waals surface area contributed by atoms with Gasteiger partial charge in [0.15, 0.2) is 0 Å². The number of nitrogens with zero attached hydrogens (tertiary/aromatic N) is 1. The Morgan fingerprint density at radius 3 is 2.18 bits per heavy atom. The van der Waals surface area contributed by atoms with Crippen LogP contribution in [-0.4, -0.2) is 36.5 Å². The molecule has 1 N–H and O–H groups in total. The molecule has 0 aromatic carbocycles. The van der Waals surface area contributed by atoms with Crippen LogP contribution < -0.4 is 5.32 Å². The lowest BCUT2D eigenvalue weighted by atomic mass is 10.1.